The van der Waals surface area contributed by atoms with Crippen molar-refractivity contribution in [2.45, 2.75) is 58.2 Å². The number of hydrogen-bond acceptors (Lipinski definition) is 4. The fourth-order valence-corrected chi connectivity index (χ4v) is 5.63. The minimum atomic E-state index is -0.870. The molecule has 7 nitrogen and oxygen atoms in total. The zero-order valence-electron chi connectivity index (χ0n) is 23.3. The molecule has 40 heavy (non-hydrogen) atoms. The average Bonchev–Trinajstić information content (AvgIpc) is 3.04. The maximum Gasteiger partial charge on any atom is 0.319 e. The summed E-state index contributed by atoms with van der Waals surface area (Å²) in [5, 5.41) is 7.26. The van der Waals surface area contributed by atoms with Crippen molar-refractivity contribution in [3.63, 3.8) is 0 Å². The molecule has 2 atom stereocenters. The van der Waals surface area contributed by atoms with Crippen LogP contribution in [0.5, 0.6) is 0 Å². The smallest absolute Gasteiger partial charge is 0.319 e. The number of amides is 4. The van der Waals surface area contributed by atoms with E-state index in [1.165, 1.54) is 10.3 Å². The van der Waals surface area contributed by atoms with Crippen molar-refractivity contribution in [1.29, 1.82) is 0 Å². The van der Waals surface area contributed by atoms with Crippen LogP contribution in [-0.2, 0) is 9.59 Å². The number of rotatable bonds is 8. The van der Waals surface area contributed by atoms with Crippen molar-refractivity contribution in [3.8, 4) is 0 Å². The van der Waals surface area contributed by atoms with Crippen LogP contribution in [0.15, 0.2) is 78.9 Å². The van der Waals surface area contributed by atoms with Crippen molar-refractivity contribution in [3.05, 3.63) is 95.6 Å². The molecule has 1 heterocycles. The van der Waals surface area contributed by atoms with Crippen LogP contribution in [0.1, 0.15) is 56.7 Å². The highest BCUT2D eigenvalue weighted by Gasteiger charge is 2.38. The third kappa shape index (κ3) is 6.57. The Labute approximate surface area is 241 Å². The van der Waals surface area contributed by atoms with Crippen LogP contribution >= 0.6 is 12.2 Å². The van der Waals surface area contributed by atoms with Gasteiger partial charge in [-0.25, -0.2) is 4.79 Å². The summed E-state index contributed by atoms with van der Waals surface area (Å²) in [7, 11) is 0. The fraction of sp³-hybridized carbons (Fsp3) is 0.312. The van der Waals surface area contributed by atoms with E-state index < -0.39 is 12.1 Å². The Morgan fingerprint density at radius 2 is 1.65 bits per heavy atom. The van der Waals surface area contributed by atoms with Gasteiger partial charge in [0.1, 0.15) is 12.6 Å². The molecule has 4 amide bonds. The molecule has 3 aromatic carbocycles. The number of para-hydroxylation sites is 1. The number of carbonyl (C=O) groups excluding carboxylic acids is 3. The Morgan fingerprint density at radius 1 is 0.975 bits per heavy atom. The van der Waals surface area contributed by atoms with Crippen LogP contribution < -0.4 is 15.5 Å². The Morgan fingerprint density at radius 3 is 2.33 bits per heavy atom. The molecule has 0 aliphatic carbocycles. The van der Waals surface area contributed by atoms with E-state index in [1.54, 1.807) is 23.1 Å². The van der Waals surface area contributed by atoms with Gasteiger partial charge < -0.3 is 20.4 Å². The maximum absolute atomic E-state index is 14.2. The summed E-state index contributed by atoms with van der Waals surface area (Å²) in [6.45, 7) is 7.75. The van der Waals surface area contributed by atoms with Gasteiger partial charge in [-0.15, -0.1) is 0 Å². The minimum absolute atomic E-state index is 0.0234. The van der Waals surface area contributed by atoms with Crippen molar-refractivity contribution < 1.29 is 14.4 Å². The molecule has 0 fully saturated rings. The van der Waals surface area contributed by atoms with Crippen LogP contribution in [0, 0.1) is 0 Å². The van der Waals surface area contributed by atoms with Gasteiger partial charge in [-0.1, -0.05) is 72.9 Å². The van der Waals surface area contributed by atoms with Gasteiger partial charge in [0.2, 0.25) is 11.8 Å². The predicted molar refractivity (Wildman–Crippen MR) is 164 cm³/mol. The number of carbonyl (C=O) groups is 3. The van der Waals surface area contributed by atoms with Crippen LogP contribution in [0.4, 0.5) is 16.2 Å². The zero-order valence-corrected chi connectivity index (χ0v) is 24.2. The van der Waals surface area contributed by atoms with Crippen molar-refractivity contribution in [1.82, 2.24) is 10.2 Å². The summed E-state index contributed by atoms with van der Waals surface area (Å²) in [5.41, 5.74) is 4.01. The first-order chi connectivity index (χ1) is 19.2. The van der Waals surface area contributed by atoms with Crippen molar-refractivity contribution in [2.24, 2.45) is 0 Å². The SMILES string of the molecule is CC(C)N(C(=O)CN1C(=O)C(NC(=O)Nc2cccc(C=S)c2)CC(c2ccccc2)c2ccccc21)C(C)C. The average molecular weight is 557 g/mol. The third-order valence-electron chi connectivity index (χ3n) is 7.12. The molecule has 1 aliphatic rings. The van der Waals surface area contributed by atoms with Crippen LogP contribution in [0.25, 0.3) is 0 Å². The molecule has 0 saturated carbocycles. The Balaban J connectivity index is 1.71. The molecular weight excluding hydrogens is 520 g/mol. The molecule has 0 saturated heterocycles. The van der Waals surface area contributed by atoms with E-state index in [-0.39, 0.29) is 36.4 Å². The fourth-order valence-electron chi connectivity index (χ4n) is 5.49. The second kappa shape index (κ2) is 12.9. The van der Waals surface area contributed by atoms with Crippen molar-refractivity contribution in [2.75, 3.05) is 16.8 Å². The van der Waals surface area contributed by atoms with E-state index in [0.717, 1.165) is 16.7 Å². The Bertz CT molecular complexity index is 1370. The number of fused-ring (bicyclic) bond motifs is 1. The van der Waals surface area contributed by atoms with E-state index in [1.807, 2.05) is 88.4 Å². The molecule has 0 bridgehead atoms. The van der Waals surface area contributed by atoms with Gasteiger partial charge >= 0.3 is 6.03 Å². The Hall–Kier alpha value is -4.04. The number of nitrogens with one attached hydrogen (secondary N) is 2. The molecule has 2 unspecified atom stereocenters. The molecule has 208 valence electrons. The van der Waals surface area contributed by atoms with Gasteiger partial charge in [0.25, 0.3) is 0 Å². The standard InChI is InChI=1S/C32H36N4O3S/c1-21(2)36(22(3)4)30(37)19-35-29-16-9-8-15-26(29)27(24-12-6-5-7-13-24)18-28(31(35)38)34-32(39)33-25-14-10-11-23(17-25)20-40/h5-17,20-22,27-28H,18-19H2,1-4H3,(H2,33,34,39). The van der Waals surface area contributed by atoms with E-state index in [4.69, 9.17) is 12.2 Å². The summed E-state index contributed by atoms with van der Waals surface area (Å²) in [5.74, 6) is -0.642. The molecule has 0 spiro atoms. The normalized spacial score (nSPS) is 16.8. The first kappa shape index (κ1) is 29.0. The van der Waals surface area contributed by atoms with Gasteiger partial charge in [0, 0.05) is 34.7 Å². The topological polar surface area (TPSA) is 81.8 Å². The van der Waals surface area contributed by atoms with Crippen molar-refractivity contribution >= 4 is 46.8 Å². The summed E-state index contributed by atoms with van der Waals surface area (Å²) in [4.78, 5) is 44.2. The highest BCUT2D eigenvalue weighted by atomic mass is 32.1. The van der Waals surface area contributed by atoms with Crippen LogP contribution in [0.2, 0.25) is 0 Å². The monoisotopic (exact) mass is 556 g/mol. The highest BCUT2D eigenvalue weighted by Crippen LogP contribution is 2.39. The molecule has 0 radical (unpaired) electrons. The van der Waals surface area contributed by atoms with E-state index >= 15 is 0 Å². The maximum atomic E-state index is 14.2. The lowest BCUT2D eigenvalue weighted by Gasteiger charge is -2.34. The van der Waals surface area contributed by atoms with E-state index in [9.17, 15) is 14.4 Å². The minimum Gasteiger partial charge on any atom is -0.336 e. The molecule has 0 aromatic heterocycles. The Kier molecular flexibility index (Phi) is 9.32. The number of nitrogens with zero attached hydrogens (tertiary/aromatic N) is 2. The van der Waals surface area contributed by atoms with E-state index in [0.29, 0.717) is 17.8 Å². The van der Waals surface area contributed by atoms with E-state index in [2.05, 4.69) is 10.6 Å². The van der Waals surface area contributed by atoms with Gasteiger partial charge in [-0.3, -0.25) is 9.59 Å². The van der Waals surface area contributed by atoms with Gasteiger partial charge in [-0.2, -0.15) is 0 Å². The summed E-state index contributed by atoms with van der Waals surface area (Å²) >= 11 is 5.01. The number of thiocarbonyl (C=S) groups is 1. The second-order valence-electron chi connectivity index (χ2n) is 10.6. The predicted octanol–water partition coefficient (Wildman–Crippen LogP) is 5.74. The first-order valence-corrected chi connectivity index (χ1v) is 14.1. The summed E-state index contributed by atoms with van der Waals surface area (Å²) < 4.78 is 0. The number of anilines is 2. The van der Waals surface area contributed by atoms with Crippen LogP contribution in [0.3, 0.4) is 0 Å². The zero-order chi connectivity index (χ0) is 28.8. The molecule has 1 aliphatic heterocycles. The lowest BCUT2D eigenvalue weighted by molar-refractivity contribution is -0.134. The molecular formula is C32H36N4O3S. The number of urea groups is 1. The van der Waals surface area contributed by atoms with Gasteiger partial charge in [-0.05, 0) is 69.0 Å². The third-order valence-corrected chi connectivity index (χ3v) is 7.39. The molecule has 3 aromatic rings. The summed E-state index contributed by atoms with van der Waals surface area (Å²) in [6, 6.07) is 23.4. The van der Waals surface area contributed by atoms with Gasteiger partial charge in [0.15, 0.2) is 0 Å². The first-order valence-electron chi connectivity index (χ1n) is 13.6. The second-order valence-corrected chi connectivity index (χ2v) is 10.8. The summed E-state index contributed by atoms with van der Waals surface area (Å²) in [6.07, 6.45) is 0.343. The highest BCUT2D eigenvalue weighted by molar-refractivity contribution is 7.79. The number of benzene rings is 3. The van der Waals surface area contributed by atoms with Crippen LogP contribution in [-0.4, -0.2) is 52.8 Å². The largest absolute Gasteiger partial charge is 0.336 e. The quantitative estimate of drug-likeness (QED) is 0.347. The molecule has 4 rings (SSSR count). The lowest BCUT2D eigenvalue weighted by Crippen LogP contribution is -2.53. The van der Waals surface area contributed by atoms with Gasteiger partial charge in [0.05, 0.1) is 0 Å². The molecule has 2 N–H and O–H groups in total. The number of hydrogen-bond donors (Lipinski definition) is 2. The lowest BCUT2D eigenvalue weighted by atomic mass is 9.86. The molecule has 8 heteroatoms.